The molecule has 3 heterocycles. The number of amides is 2. The number of nitrogens with zero attached hydrogens (tertiary/aromatic N) is 1. The molecule has 3 aliphatic heterocycles. The molecule has 0 radical (unpaired) electrons. The number of anilines is 2. The molecule has 3 N–H and O–H groups in total. The van der Waals surface area contributed by atoms with Crippen molar-refractivity contribution in [2.45, 2.75) is 17.5 Å². The molecule has 3 aromatic rings. The Labute approximate surface area is 190 Å². The number of fused-ring (bicyclic) bond motifs is 6. The standard InChI is InChI=1S/C27H21N3O3/c28-25(32)23-22(24(31)17-9-2-1-3-10-17)27(18-11-5-6-12-19(18)29-26(27)33)21-15-14-16-8-4-7-13-20(16)30(21)23/h1-15,21-23H,(H2,28,32)(H,29,33). The van der Waals surface area contributed by atoms with Crippen molar-refractivity contribution in [3.05, 3.63) is 102 Å². The predicted octanol–water partition coefficient (Wildman–Crippen LogP) is 3.15. The largest absolute Gasteiger partial charge is 0.368 e. The van der Waals surface area contributed by atoms with Gasteiger partial charge in [-0.15, -0.1) is 0 Å². The van der Waals surface area contributed by atoms with E-state index in [1.807, 2.05) is 71.6 Å². The van der Waals surface area contributed by atoms with E-state index < -0.39 is 29.3 Å². The van der Waals surface area contributed by atoms with Crippen molar-refractivity contribution in [2.24, 2.45) is 11.7 Å². The van der Waals surface area contributed by atoms with Gasteiger partial charge in [-0.25, -0.2) is 0 Å². The predicted molar refractivity (Wildman–Crippen MR) is 126 cm³/mol. The third kappa shape index (κ3) is 2.46. The number of carbonyl (C=O) groups is 3. The summed E-state index contributed by atoms with van der Waals surface area (Å²) in [6.07, 6.45) is 3.89. The first-order chi connectivity index (χ1) is 16.0. The second-order valence-electron chi connectivity index (χ2n) is 8.69. The minimum Gasteiger partial charge on any atom is -0.368 e. The number of hydrogen-bond donors (Lipinski definition) is 2. The summed E-state index contributed by atoms with van der Waals surface area (Å²) in [4.78, 5) is 42.9. The van der Waals surface area contributed by atoms with E-state index in [2.05, 4.69) is 5.32 Å². The van der Waals surface area contributed by atoms with E-state index in [1.54, 1.807) is 24.3 Å². The van der Waals surface area contributed by atoms with Crippen LogP contribution >= 0.6 is 0 Å². The number of nitrogens with one attached hydrogen (secondary N) is 1. The molecule has 162 valence electrons. The molecule has 6 nitrogen and oxygen atoms in total. The molecule has 1 fully saturated rings. The quantitative estimate of drug-likeness (QED) is 0.618. The number of nitrogens with two attached hydrogens (primary N) is 1. The molecule has 0 aromatic heterocycles. The normalized spacial score (nSPS) is 26.5. The summed E-state index contributed by atoms with van der Waals surface area (Å²) < 4.78 is 0. The fourth-order valence-electron chi connectivity index (χ4n) is 5.93. The van der Waals surface area contributed by atoms with E-state index in [9.17, 15) is 14.4 Å². The summed E-state index contributed by atoms with van der Waals surface area (Å²) in [5, 5.41) is 2.98. The maximum Gasteiger partial charge on any atom is 0.240 e. The zero-order chi connectivity index (χ0) is 22.7. The third-order valence-corrected chi connectivity index (χ3v) is 7.17. The summed E-state index contributed by atoms with van der Waals surface area (Å²) >= 11 is 0. The average molecular weight is 435 g/mol. The molecule has 33 heavy (non-hydrogen) atoms. The Balaban J connectivity index is 1.67. The van der Waals surface area contributed by atoms with Crippen LogP contribution in [0.1, 0.15) is 21.5 Å². The average Bonchev–Trinajstić information content (AvgIpc) is 3.32. The Morgan fingerprint density at radius 2 is 1.61 bits per heavy atom. The highest BCUT2D eigenvalue weighted by Crippen LogP contribution is 2.57. The number of primary amides is 1. The number of para-hydroxylation sites is 2. The van der Waals surface area contributed by atoms with Crippen molar-refractivity contribution in [3.63, 3.8) is 0 Å². The van der Waals surface area contributed by atoms with Gasteiger partial charge in [-0.3, -0.25) is 14.4 Å². The second kappa shape index (κ2) is 6.90. The van der Waals surface area contributed by atoms with Crippen molar-refractivity contribution in [2.75, 3.05) is 10.2 Å². The molecule has 3 aliphatic rings. The molecule has 4 atom stereocenters. The Morgan fingerprint density at radius 3 is 2.39 bits per heavy atom. The van der Waals surface area contributed by atoms with Gasteiger partial charge in [0.05, 0.1) is 12.0 Å². The van der Waals surface area contributed by atoms with Crippen LogP contribution in [0.3, 0.4) is 0 Å². The molecule has 6 heteroatoms. The van der Waals surface area contributed by atoms with Crippen LogP contribution in [0.2, 0.25) is 0 Å². The molecular weight excluding hydrogens is 414 g/mol. The van der Waals surface area contributed by atoms with E-state index in [1.165, 1.54) is 0 Å². The van der Waals surface area contributed by atoms with Crippen molar-refractivity contribution in [1.29, 1.82) is 0 Å². The Morgan fingerprint density at radius 1 is 0.909 bits per heavy atom. The molecule has 1 spiro atoms. The lowest BCUT2D eigenvalue weighted by molar-refractivity contribution is -0.122. The third-order valence-electron chi connectivity index (χ3n) is 7.17. The van der Waals surface area contributed by atoms with Crippen LogP contribution in [0.15, 0.2) is 84.9 Å². The highest BCUT2D eigenvalue weighted by Gasteiger charge is 2.70. The number of benzene rings is 3. The lowest BCUT2D eigenvalue weighted by Gasteiger charge is -2.37. The van der Waals surface area contributed by atoms with Gasteiger partial charge in [0.2, 0.25) is 11.8 Å². The van der Waals surface area contributed by atoms with Gasteiger partial charge in [-0.1, -0.05) is 78.9 Å². The van der Waals surface area contributed by atoms with Crippen molar-refractivity contribution >= 4 is 35.0 Å². The van der Waals surface area contributed by atoms with E-state index >= 15 is 0 Å². The molecule has 6 rings (SSSR count). The molecular formula is C27H21N3O3. The first-order valence-corrected chi connectivity index (χ1v) is 10.9. The van der Waals surface area contributed by atoms with Crippen molar-refractivity contribution in [3.8, 4) is 0 Å². The number of carbonyl (C=O) groups excluding carboxylic acids is 3. The van der Waals surface area contributed by atoms with Crippen LogP contribution in [0.4, 0.5) is 11.4 Å². The molecule has 3 aromatic carbocycles. The number of hydrogen-bond acceptors (Lipinski definition) is 4. The van der Waals surface area contributed by atoms with E-state index in [0.717, 1.165) is 11.3 Å². The van der Waals surface area contributed by atoms with Gasteiger partial charge in [-0.2, -0.15) is 0 Å². The smallest absolute Gasteiger partial charge is 0.240 e. The molecule has 0 aliphatic carbocycles. The van der Waals surface area contributed by atoms with Gasteiger partial charge < -0.3 is 16.0 Å². The fraction of sp³-hybridized carbons (Fsp3) is 0.148. The highest BCUT2D eigenvalue weighted by atomic mass is 16.2. The van der Waals surface area contributed by atoms with Crippen LogP contribution < -0.4 is 16.0 Å². The van der Waals surface area contributed by atoms with Gasteiger partial charge >= 0.3 is 0 Å². The number of Topliss-reactive ketones (excluding diaryl/α,β-unsaturated/α-hetero) is 1. The topological polar surface area (TPSA) is 92.5 Å². The summed E-state index contributed by atoms with van der Waals surface area (Å²) in [7, 11) is 0. The minimum absolute atomic E-state index is 0.272. The minimum atomic E-state index is -1.30. The van der Waals surface area contributed by atoms with Gasteiger partial charge in [0.15, 0.2) is 5.78 Å². The van der Waals surface area contributed by atoms with Crippen molar-refractivity contribution < 1.29 is 14.4 Å². The Kier molecular flexibility index (Phi) is 4.08. The zero-order valence-corrected chi connectivity index (χ0v) is 17.6. The van der Waals surface area contributed by atoms with E-state index in [-0.39, 0.29) is 11.7 Å². The van der Waals surface area contributed by atoms with Gasteiger partial charge in [0, 0.05) is 16.9 Å². The number of rotatable bonds is 3. The molecule has 1 saturated heterocycles. The van der Waals surface area contributed by atoms with Crippen LogP contribution in [0.5, 0.6) is 0 Å². The Hall–Kier alpha value is -4.19. The molecule has 4 unspecified atom stereocenters. The first kappa shape index (κ1) is 19.5. The monoisotopic (exact) mass is 435 g/mol. The van der Waals surface area contributed by atoms with Gasteiger partial charge in [-0.05, 0) is 23.3 Å². The molecule has 0 bridgehead atoms. The van der Waals surface area contributed by atoms with E-state index in [0.29, 0.717) is 16.8 Å². The van der Waals surface area contributed by atoms with Gasteiger partial charge in [0.1, 0.15) is 11.5 Å². The van der Waals surface area contributed by atoms with Crippen LogP contribution in [-0.2, 0) is 15.0 Å². The van der Waals surface area contributed by atoms with E-state index in [4.69, 9.17) is 5.73 Å². The van der Waals surface area contributed by atoms with Gasteiger partial charge in [0.25, 0.3) is 0 Å². The van der Waals surface area contributed by atoms with Crippen molar-refractivity contribution in [1.82, 2.24) is 0 Å². The SMILES string of the molecule is NC(=O)C1C(C(=O)c2ccccc2)C2(C(=O)Nc3ccccc32)C2C=Cc3ccccc3N12. The summed E-state index contributed by atoms with van der Waals surface area (Å²) in [6.45, 7) is 0. The highest BCUT2D eigenvalue weighted by molar-refractivity contribution is 6.16. The Bertz CT molecular complexity index is 1350. The maximum atomic E-state index is 14.1. The molecule has 0 saturated carbocycles. The first-order valence-electron chi connectivity index (χ1n) is 10.9. The molecule has 2 amide bonds. The van der Waals surface area contributed by atoms with Crippen LogP contribution in [0.25, 0.3) is 6.08 Å². The maximum absolute atomic E-state index is 14.1. The number of ketones is 1. The lowest BCUT2D eigenvalue weighted by Crippen LogP contribution is -2.51. The fourth-order valence-corrected chi connectivity index (χ4v) is 5.93. The summed E-state index contributed by atoms with van der Waals surface area (Å²) in [6, 6.07) is 22.3. The summed E-state index contributed by atoms with van der Waals surface area (Å²) in [5.41, 5.74) is 8.21. The summed E-state index contributed by atoms with van der Waals surface area (Å²) in [5.74, 6) is -2.19. The zero-order valence-electron chi connectivity index (χ0n) is 17.6. The van der Waals surface area contributed by atoms with Crippen LogP contribution in [-0.4, -0.2) is 29.7 Å². The van der Waals surface area contributed by atoms with Crippen LogP contribution in [0, 0.1) is 5.92 Å². The lowest BCUT2D eigenvalue weighted by atomic mass is 9.64. The second-order valence-corrected chi connectivity index (χ2v) is 8.69.